The lowest BCUT2D eigenvalue weighted by molar-refractivity contribution is -0.139. The minimum absolute atomic E-state index is 0.0341. The highest BCUT2D eigenvalue weighted by Crippen LogP contribution is 2.40. The summed E-state index contributed by atoms with van der Waals surface area (Å²) in [6.07, 6.45) is 1.28. The molecule has 0 saturated carbocycles. The zero-order chi connectivity index (χ0) is 27.1. The molecule has 2 amide bonds. The summed E-state index contributed by atoms with van der Waals surface area (Å²) in [6.45, 7) is 0.136. The normalized spacial score (nSPS) is 17.8. The van der Waals surface area contributed by atoms with Gasteiger partial charge in [-0.25, -0.2) is 0 Å². The van der Waals surface area contributed by atoms with E-state index in [0.29, 0.717) is 6.42 Å². The molecule has 2 aliphatic rings. The number of aliphatic carboxylic acids is 1. The van der Waals surface area contributed by atoms with Crippen LogP contribution in [-0.2, 0) is 27.3 Å². The molecule has 2 unspecified atom stereocenters. The predicted molar refractivity (Wildman–Crippen MR) is 148 cm³/mol. The number of carboxylic acids is 1. The first kappa shape index (κ1) is 25.9. The Labute approximate surface area is 224 Å². The average Bonchev–Trinajstić information content (AvgIpc) is 3.39. The van der Waals surface area contributed by atoms with E-state index in [1.165, 1.54) is 4.90 Å². The van der Waals surface area contributed by atoms with Crippen molar-refractivity contribution in [2.45, 2.75) is 37.1 Å². The Hall–Kier alpha value is -3.69. The van der Waals surface area contributed by atoms with Crippen LogP contribution >= 0.6 is 11.8 Å². The first-order chi connectivity index (χ1) is 18.1. The quantitative estimate of drug-likeness (QED) is 0.424. The van der Waals surface area contributed by atoms with E-state index >= 15 is 0 Å². The Kier molecular flexibility index (Phi) is 6.98. The molecule has 38 heavy (non-hydrogen) atoms. The molecule has 0 bridgehead atoms. The second-order valence-corrected chi connectivity index (χ2v) is 11.2. The Morgan fingerprint density at radius 3 is 2.50 bits per heavy atom. The van der Waals surface area contributed by atoms with E-state index < -0.39 is 17.3 Å². The molecule has 1 heterocycles. The van der Waals surface area contributed by atoms with Gasteiger partial charge in [-0.1, -0.05) is 36.4 Å². The molecule has 0 aromatic heterocycles. The number of carbonyl (C=O) groups is 4. The van der Waals surface area contributed by atoms with Crippen LogP contribution in [0.5, 0.6) is 0 Å². The summed E-state index contributed by atoms with van der Waals surface area (Å²) in [6, 6.07) is 15.0. The maximum Gasteiger partial charge on any atom is 0.321 e. The second kappa shape index (κ2) is 10.2. The van der Waals surface area contributed by atoms with E-state index in [1.54, 1.807) is 0 Å². The van der Waals surface area contributed by atoms with Crippen molar-refractivity contribution in [1.29, 1.82) is 0 Å². The molecule has 1 aliphatic carbocycles. The number of imide groups is 1. The molecule has 2 atom stereocenters. The molecule has 0 radical (unpaired) electrons. The van der Waals surface area contributed by atoms with Crippen molar-refractivity contribution in [1.82, 2.24) is 4.90 Å². The maximum absolute atomic E-state index is 12.9. The van der Waals surface area contributed by atoms with Gasteiger partial charge in [0.2, 0.25) is 11.8 Å². The minimum Gasteiger partial charge on any atom is -0.480 e. The van der Waals surface area contributed by atoms with Crippen molar-refractivity contribution in [3.05, 3.63) is 65.2 Å². The van der Waals surface area contributed by atoms with E-state index in [9.17, 15) is 19.2 Å². The molecular weight excluding hydrogens is 502 g/mol. The number of ketones is 1. The lowest BCUT2D eigenvalue weighted by Crippen LogP contribution is -2.34. The number of likely N-dealkylation sites (tertiary alicyclic amines) is 1. The fourth-order valence-corrected chi connectivity index (χ4v) is 6.22. The zero-order valence-corrected chi connectivity index (χ0v) is 22.1. The summed E-state index contributed by atoms with van der Waals surface area (Å²) in [7, 11) is 3.97. The van der Waals surface area contributed by atoms with Gasteiger partial charge in [-0.05, 0) is 46.0 Å². The van der Waals surface area contributed by atoms with Gasteiger partial charge in [0, 0.05) is 49.5 Å². The Morgan fingerprint density at radius 2 is 1.82 bits per heavy atom. The van der Waals surface area contributed by atoms with E-state index in [0.717, 1.165) is 62.5 Å². The zero-order valence-electron chi connectivity index (χ0n) is 21.3. The molecule has 0 spiro atoms. The number of benzene rings is 3. The van der Waals surface area contributed by atoms with Crippen molar-refractivity contribution < 1.29 is 24.3 Å². The predicted octanol–water partition coefficient (Wildman–Crippen LogP) is 3.47. The van der Waals surface area contributed by atoms with Gasteiger partial charge < -0.3 is 15.7 Å². The van der Waals surface area contributed by atoms with Crippen molar-refractivity contribution >= 4 is 51.8 Å². The number of aryl methyl sites for hydroxylation is 1. The number of anilines is 1. The van der Waals surface area contributed by atoms with Gasteiger partial charge in [-0.3, -0.25) is 24.1 Å². The van der Waals surface area contributed by atoms with Gasteiger partial charge in [0.25, 0.3) is 0 Å². The van der Waals surface area contributed by atoms with E-state index in [4.69, 9.17) is 10.8 Å². The molecule has 196 valence electrons. The third kappa shape index (κ3) is 4.79. The number of thioether (sulfide) groups is 1. The minimum atomic E-state index is -1.14. The lowest BCUT2D eigenvalue weighted by atomic mass is 9.90. The van der Waals surface area contributed by atoms with Gasteiger partial charge in [0.15, 0.2) is 5.78 Å². The fourth-order valence-electron chi connectivity index (χ4n) is 5.11. The summed E-state index contributed by atoms with van der Waals surface area (Å²) in [5.74, 6) is -1.53. The van der Waals surface area contributed by atoms with Crippen LogP contribution in [0.2, 0.25) is 0 Å². The smallest absolute Gasteiger partial charge is 0.321 e. The van der Waals surface area contributed by atoms with Crippen molar-refractivity contribution in [2.24, 2.45) is 5.73 Å². The van der Waals surface area contributed by atoms with E-state index in [2.05, 4.69) is 24.3 Å². The summed E-state index contributed by atoms with van der Waals surface area (Å²) in [5.41, 5.74) is 11.1. The first-order valence-corrected chi connectivity index (χ1v) is 13.5. The van der Waals surface area contributed by atoms with E-state index in [1.807, 2.05) is 43.3 Å². The largest absolute Gasteiger partial charge is 0.480 e. The molecule has 3 N–H and O–H groups in total. The molecule has 3 aromatic rings. The monoisotopic (exact) mass is 531 g/mol. The number of hydrogen-bond acceptors (Lipinski definition) is 7. The van der Waals surface area contributed by atoms with Crippen molar-refractivity contribution in [3.8, 4) is 11.1 Å². The third-order valence-corrected chi connectivity index (χ3v) is 8.53. The van der Waals surface area contributed by atoms with Gasteiger partial charge in [-0.15, -0.1) is 11.8 Å². The van der Waals surface area contributed by atoms with Crippen LogP contribution in [0.25, 0.3) is 21.9 Å². The number of nitrogens with zero attached hydrogens (tertiary/aromatic N) is 2. The fraction of sp³-hybridized carbons (Fsp3) is 0.310. The van der Waals surface area contributed by atoms with Crippen LogP contribution in [0.15, 0.2) is 48.5 Å². The average molecular weight is 532 g/mol. The molecular formula is C29H29N3O5S. The summed E-state index contributed by atoms with van der Waals surface area (Å²) < 4.78 is 0. The lowest BCUT2D eigenvalue weighted by Gasteiger charge is -2.18. The van der Waals surface area contributed by atoms with Crippen molar-refractivity contribution in [2.75, 3.05) is 24.7 Å². The molecule has 1 aliphatic heterocycles. The number of fused-ring (bicyclic) bond motifs is 2. The van der Waals surface area contributed by atoms with Gasteiger partial charge in [-0.2, -0.15) is 0 Å². The Morgan fingerprint density at radius 1 is 1.08 bits per heavy atom. The van der Waals surface area contributed by atoms with Crippen LogP contribution in [-0.4, -0.2) is 64.7 Å². The molecule has 9 heteroatoms. The van der Waals surface area contributed by atoms with Crippen LogP contribution in [0.4, 0.5) is 5.69 Å². The van der Waals surface area contributed by atoms with Crippen LogP contribution in [0, 0.1) is 0 Å². The molecule has 5 rings (SSSR count). The Balaban J connectivity index is 1.42. The number of nitrogens with two attached hydrogens (primary N) is 1. The number of carboxylic acid groups (broad SMARTS) is 1. The molecule has 8 nitrogen and oxygen atoms in total. The topological polar surface area (TPSA) is 121 Å². The van der Waals surface area contributed by atoms with Gasteiger partial charge >= 0.3 is 5.97 Å². The highest BCUT2D eigenvalue weighted by molar-refractivity contribution is 8.00. The number of hydrogen-bond donors (Lipinski definition) is 2. The molecule has 1 saturated heterocycles. The maximum atomic E-state index is 12.9. The van der Waals surface area contributed by atoms with Gasteiger partial charge in [0.05, 0.1) is 11.8 Å². The SMILES string of the molecule is CN(C)c1ccc2cc3c(c(-c4ccc(CN5C(=O)CC(SCC(N)C(=O)O)C5=O)cc4)c2c1)C(=O)CC3. The number of rotatable bonds is 8. The molecule has 3 aromatic carbocycles. The van der Waals surface area contributed by atoms with Crippen molar-refractivity contribution in [3.63, 3.8) is 0 Å². The number of amides is 2. The van der Waals surface area contributed by atoms with Gasteiger partial charge in [0.1, 0.15) is 6.04 Å². The number of carbonyl (C=O) groups excluding carboxylic acids is 3. The third-order valence-electron chi connectivity index (χ3n) is 7.20. The number of Topliss-reactive ketones (excluding diaryl/α,β-unsaturated/α-hetero) is 1. The van der Waals surface area contributed by atoms with E-state index in [-0.39, 0.29) is 36.3 Å². The summed E-state index contributed by atoms with van der Waals surface area (Å²) in [5, 5.41) is 10.4. The standard InChI is InChI=1S/C29H29N3O5S/c1-31(2)20-9-7-18-11-19-8-10-23(33)27(19)26(21(18)12-20)17-5-3-16(4-6-17)14-32-25(34)13-24(28(32)35)38-15-22(30)29(36)37/h3-7,9,11-12,22,24H,8,10,13-15,30H2,1-2H3,(H,36,37). The first-order valence-electron chi connectivity index (χ1n) is 12.5. The highest BCUT2D eigenvalue weighted by atomic mass is 32.2. The van der Waals surface area contributed by atoms with Crippen LogP contribution < -0.4 is 10.6 Å². The van der Waals surface area contributed by atoms with Crippen LogP contribution in [0.3, 0.4) is 0 Å². The second-order valence-electron chi connectivity index (χ2n) is 9.99. The Bertz CT molecular complexity index is 1470. The molecule has 1 fully saturated rings. The highest BCUT2D eigenvalue weighted by Gasteiger charge is 2.39. The summed E-state index contributed by atoms with van der Waals surface area (Å²) in [4.78, 5) is 52.6. The summed E-state index contributed by atoms with van der Waals surface area (Å²) >= 11 is 1.11. The van der Waals surface area contributed by atoms with Crippen LogP contribution in [0.1, 0.15) is 34.3 Å².